The molecular weight excluding hydrogens is 315 g/mol. The Morgan fingerprint density at radius 3 is 2.76 bits per heavy atom. The van der Waals surface area contributed by atoms with Crippen molar-refractivity contribution in [3.05, 3.63) is 77.6 Å². The zero-order valence-corrected chi connectivity index (χ0v) is 14.1. The van der Waals surface area contributed by atoms with E-state index in [9.17, 15) is 4.39 Å². The molecule has 2 aromatic heterocycles. The van der Waals surface area contributed by atoms with Crippen LogP contribution in [0.15, 0.2) is 55.0 Å². The van der Waals surface area contributed by atoms with Gasteiger partial charge in [0.1, 0.15) is 11.5 Å². The molecule has 0 spiro atoms. The number of nitrogens with zero attached hydrogens (tertiary/aromatic N) is 4. The van der Waals surface area contributed by atoms with E-state index < -0.39 is 0 Å². The summed E-state index contributed by atoms with van der Waals surface area (Å²) in [5.74, 6) is -0.266. The monoisotopic (exact) mass is 332 g/mol. The second-order valence-electron chi connectivity index (χ2n) is 6.16. The molecule has 0 aliphatic rings. The van der Waals surface area contributed by atoms with Gasteiger partial charge in [0.25, 0.3) is 0 Å². The molecular formula is C20H17FN4. The maximum atomic E-state index is 14.4. The summed E-state index contributed by atoms with van der Waals surface area (Å²) in [6, 6.07) is 11.1. The Hall–Kier alpha value is -3.08. The Kier molecular flexibility index (Phi) is 3.76. The van der Waals surface area contributed by atoms with Crippen molar-refractivity contribution in [1.82, 2.24) is 19.7 Å². The van der Waals surface area contributed by atoms with Crippen LogP contribution in [0.1, 0.15) is 16.8 Å². The first kappa shape index (κ1) is 15.4. The summed E-state index contributed by atoms with van der Waals surface area (Å²) < 4.78 is 16.3. The minimum Gasteiger partial charge on any atom is -0.261 e. The predicted molar refractivity (Wildman–Crippen MR) is 95.7 cm³/mol. The minimum atomic E-state index is -0.266. The van der Waals surface area contributed by atoms with Crippen LogP contribution in [0.3, 0.4) is 0 Å². The normalized spacial score (nSPS) is 11.2. The third-order valence-corrected chi connectivity index (χ3v) is 4.28. The number of hydrogen-bond donors (Lipinski definition) is 0. The van der Waals surface area contributed by atoms with Crippen LogP contribution in [-0.2, 0) is 6.54 Å². The van der Waals surface area contributed by atoms with Gasteiger partial charge in [0.15, 0.2) is 0 Å². The van der Waals surface area contributed by atoms with Crippen molar-refractivity contribution in [2.75, 3.05) is 0 Å². The number of benzene rings is 2. The summed E-state index contributed by atoms with van der Waals surface area (Å²) in [5.41, 5.74) is 5.07. The molecule has 4 nitrogen and oxygen atoms in total. The summed E-state index contributed by atoms with van der Waals surface area (Å²) in [5, 5.41) is 5.66. The van der Waals surface area contributed by atoms with Gasteiger partial charge in [0.2, 0.25) is 0 Å². The molecule has 0 saturated heterocycles. The quantitative estimate of drug-likeness (QED) is 0.562. The second-order valence-corrected chi connectivity index (χ2v) is 6.16. The molecule has 0 aliphatic carbocycles. The van der Waals surface area contributed by atoms with Gasteiger partial charge < -0.3 is 0 Å². The van der Waals surface area contributed by atoms with Crippen molar-refractivity contribution in [2.24, 2.45) is 0 Å². The van der Waals surface area contributed by atoms with Crippen LogP contribution in [0.25, 0.3) is 22.2 Å². The van der Waals surface area contributed by atoms with Crippen LogP contribution in [-0.4, -0.2) is 19.7 Å². The second kappa shape index (κ2) is 6.09. The highest BCUT2D eigenvalue weighted by Crippen LogP contribution is 2.32. The number of aryl methyl sites for hydroxylation is 2. The maximum Gasteiger partial charge on any atom is 0.132 e. The van der Waals surface area contributed by atoms with Gasteiger partial charge in [-0.05, 0) is 31.5 Å². The van der Waals surface area contributed by atoms with E-state index in [-0.39, 0.29) is 5.82 Å². The molecule has 0 amide bonds. The lowest BCUT2D eigenvalue weighted by molar-refractivity contribution is 0.628. The average molecular weight is 332 g/mol. The highest BCUT2D eigenvalue weighted by atomic mass is 19.1. The molecule has 0 unspecified atom stereocenters. The zero-order valence-electron chi connectivity index (χ0n) is 14.1. The van der Waals surface area contributed by atoms with E-state index in [1.54, 1.807) is 24.7 Å². The lowest BCUT2D eigenvalue weighted by atomic mass is 10.0. The molecule has 2 aromatic carbocycles. The molecule has 2 heterocycles. The Labute approximate surface area is 145 Å². The Morgan fingerprint density at radius 1 is 1.08 bits per heavy atom. The Balaban J connectivity index is 1.94. The molecule has 0 fully saturated rings. The molecule has 4 rings (SSSR count). The number of halogens is 1. The van der Waals surface area contributed by atoms with Gasteiger partial charge in [-0.15, -0.1) is 0 Å². The number of para-hydroxylation sites is 1. The van der Waals surface area contributed by atoms with Crippen LogP contribution >= 0.6 is 0 Å². The molecule has 5 heteroatoms. The summed E-state index contributed by atoms with van der Waals surface area (Å²) in [6.07, 6.45) is 5.03. The minimum absolute atomic E-state index is 0.266. The lowest BCUT2D eigenvalue weighted by Gasteiger charge is -2.04. The number of hydrogen-bond acceptors (Lipinski definition) is 3. The van der Waals surface area contributed by atoms with E-state index in [0.717, 1.165) is 27.7 Å². The zero-order chi connectivity index (χ0) is 17.4. The lowest BCUT2D eigenvalue weighted by Crippen LogP contribution is -2.04. The summed E-state index contributed by atoms with van der Waals surface area (Å²) in [7, 11) is 0. The highest BCUT2D eigenvalue weighted by molar-refractivity contribution is 5.95. The van der Waals surface area contributed by atoms with Crippen LogP contribution < -0.4 is 0 Å². The van der Waals surface area contributed by atoms with Crippen LogP contribution in [0, 0.1) is 19.7 Å². The molecule has 25 heavy (non-hydrogen) atoms. The number of rotatable bonds is 3. The van der Waals surface area contributed by atoms with Crippen LogP contribution in [0.4, 0.5) is 4.39 Å². The summed E-state index contributed by atoms with van der Waals surface area (Å²) >= 11 is 0. The third-order valence-electron chi connectivity index (χ3n) is 4.28. The van der Waals surface area contributed by atoms with Gasteiger partial charge in [-0.2, -0.15) is 5.10 Å². The molecule has 0 aliphatic heterocycles. The fraction of sp³-hybridized carbons (Fsp3) is 0.150. The van der Waals surface area contributed by atoms with Gasteiger partial charge in [0, 0.05) is 23.3 Å². The van der Waals surface area contributed by atoms with Gasteiger partial charge in [-0.1, -0.05) is 29.8 Å². The van der Waals surface area contributed by atoms with E-state index in [4.69, 9.17) is 5.10 Å². The topological polar surface area (TPSA) is 43.6 Å². The third kappa shape index (κ3) is 2.78. The molecule has 0 radical (unpaired) electrons. The predicted octanol–water partition coefficient (Wildman–Crippen LogP) is 4.30. The fourth-order valence-corrected chi connectivity index (χ4v) is 3.12. The Bertz CT molecular complexity index is 1050. The van der Waals surface area contributed by atoms with Gasteiger partial charge in [-0.3, -0.25) is 14.6 Å². The van der Waals surface area contributed by atoms with Crippen LogP contribution in [0.5, 0.6) is 0 Å². The van der Waals surface area contributed by atoms with Crippen molar-refractivity contribution >= 4 is 10.9 Å². The highest BCUT2D eigenvalue weighted by Gasteiger charge is 2.17. The van der Waals surface area contributed by atoms with Crippen molar-refractivity contribution in [3.8, 4) is 11.3 Å². The molecule has 0 N–H and O–H groups in total. The van der Waals surface area contributed by atoms with Crippen LogP contribution in [0.2, 0.25) is 0 Å². The molecule has 4 aromatic rings. The summed E-state index contributed by atoms with van der Waals surface area (Å²) in [4.78, 5) is 8.44. The smallest absolute Gasteiger partial charge is 0.132 e. The molecule has 124 valence electrons. The molecule has 0 bridgehead atoms. The van der Waals surface area contributed by atoms with Gasteiger partial charge in [-0.25, -0.2) is 4.39 Å². The fourth-order valence-electron chi connectivity index (χ4n) is 3.12. The van der Waals surface area contributed by atoms with E-state index in [1.165, 1.54) is 6.07 Å². The van der Waals surface area contributed by atoms with Crippen molar-refractivity contribution in [1.29, 1.82) is 0 Å². The summed E-state index contributed by atoms with van der Waals surface area (Å²) in [6.45, 7) is 4.48. The first-order valence-electron chi connectivity index (χ1n) is 8.11. The number of fused-ring (bicyclic) bond motifs is 1. The van der Waals surface area contributed by atoms with Gasteiger partial charge in [0.05, 0.1) is 24.0 Å². The first-order valence-corrected chi connectivity index (χ1v) is 8.11. The maximum absolute atomic E-state index is 14.4. The van der Waals surface area contributed by atoms with Gasteiger partial charge >= 0.3 is 0 Å². The van der Waals surface area contributed by atoms with E-state index in [0.29, 0.717) is 17.8 Å². The van der Waals surface area contributed by atoms with E-state index >= 15 is 0 Å². The van der Waals surface area contributed by atoms with Crippen molar-refractivity contribution in [2.45, 2.75) is 20.4 Å². The molecule has 0 atom stereocenters. The standard InChI is InChI=1S/C20H17FN4/c1-13-6-7-18(21)17(10-13)19-16-5-3-4-14(2)20(16)25(24-19)12-15-11-22-8-9-23-15/h3-11H,12H2,1-2H3. The first-order chi connectivity index (χ1) is 12.1. The average Bonchev–Trinajstić information content (AvgIpc) is 2.98. The largest absolute Gasteiger partial charge is 0.261 e. The van der Waals surface area contributed by atoms with Crippen molar-refractivity contribution < 1.29 is 4.39 Å². The molecule has 0 saturated carbocycles. The Morgan fingerprint density at radius 2 is 1.96 bits per heavy atom. The van der Waals surface area contributed by atoms with E-state index in [1.807, 2.05) is 42.8 Å². The SMILES string of the molecule is Cc1ccc(F)c(-c2nn(Cc3cnccn3)c3c(C)cccc23)c1. The number of aromatic nitrogens is 4. The van der Waals surface area contributed by atoms with Crippen molar-refractivity contribution in [3.63, 3.8) is 0 Å². The van der Waals surface area contributed by atoms with E-state index in [2.05, 4.69) is 9.97 Å².